The van der Waals surface area contributed by atoms with Crippen LogP contribution in [0, 0.1) is 5.92 Å². The molecule has 1 unspecified atom stereocenters. The molecule has 0 aliphatic heterocycles. The van der Waals surface area contributed by atoms with E-state index in [9.17, 15) is 9.59 Å². The lowest BCUT2D eigenvalue weighted by molar-refractivity contribution is -0.140. The van der Waals surface area contributed by atoms with E-state index in [0.29, 0.717) is 12.1 Å². The minimum Gasteiger partial charge on any atom is -0.480 e. The van der Waals surface area contributed by atoms with Crippen molar-refractivity contribution in [2.75, 3.05) is 0 Å². The zero-order valence-corrected chi connectivity index (χ0v) is 10.2. The predicted octanol–water partition coefficient (Wildman–Crippen LogP) is 0.649. The van der Waals surface area contributed by atoms with Crippen LogP contribution in [0.1, 0.15) is 30.8 Å². The molecule has 0 aliphatic rings. The number of rotatable bonds is 5. The van der Waals surface area contributed by atoms with Gasteiger partial charge in [-0.25, -0.2) is 9.78 Å². The van der Waals surface area contributed by atoms with Crippen LogP contribution in [0.4, 0.5) is 0 Å². The molecule has 1 aromatic heterocycles. The first kappa shape index (κ1) is 13.2. The van der Waals surface area contributed by atoms with Crippen LogP contribution < -0.4 is 5.32 Å². The summed E-state index contributed by atoms with van der Waals surface area (Å²) < 4.78 is 1.55. The second kappa shape index (κ2) is 5.47. The Hall–Kier alpha value is -1.85. The van der Waals surface area contributed by atoms with Crippen molar-refractivity contribution in [1.82, 2.24) is 14.9 Å². The largest absolute Gasteiger partial charge is 0.480 e. The number of carboxylic acid groups (broad SMARTS) is 1. The number of amides is 1. The van der Waals surface area contributed by atoms with E-state index < -0.39 is 17.9 Å². The average Bonchev–Trinajstić information content (AvgIpc) is 2.70. The van der Waals surface area contributed by atoms with E-state index in [2.05, 4.69) is 10.3 Å². The fourth-order valence-electron chi connectivity index (χ4n) is 1.47. The first-order valence-corrected chi connectivity index (χ1v) is 5.47. The molecule has 0 saturated heterocycles. The zero-order chi connectivity index (χ0) is 13.0. The summed E-state index contributed by atoms with van der Waals surface area (Å²) in [5.74, 6) is -1.56. The molecule has 1 rings (SSSR count). The normalized spacial score (nSPS) is 14.1. The number of carbonyl (C=O) groups is 2. The molecular formula is C11H17N3O3. The molecule has 6 nitrogen and oxygen atoms in total. The van der Waals surface area contributed by atoms with Crippen LogP contribution in [0.25, 0.3) is 0 Å². The molecule has 1 amide bonds. The summed E-state index contributed by atoms with van der Waals surface area (Å²) in [6.45, 7) is 3.68. The molecule has 0 bridgehead atoms. The fraction of sp³-hybridized carbons (Fsp3) is 0.545. The monoisotopic (exact) mass is 239 g/mol. The number of hydrogen-bond donors (Lipinski definition) is 2. The molecule has 0 aliphatic carbocycles. The highest BCUT2D eigenvalue weighted by atomic mass is 16.4. The van der Waals surface area contributed by atoms with Gasteiger partial charge in [-0.2, -0.15) is 0 Å². The standard InChI is InChI=1S/C11H17N3O3/c1-4-7(2)9(11(16)17)13-10(15)8-5-12-6-14(8)3/h5-7,9H,4H2,1-3H3,(H,13,15)(H,16,17)/t7?,9-/m0/s1. The van der Waals surface area contributed by atoms with Gasteiger partial charge in [-0.15, -0.1) is 0 Å². The van der Waals surface area contributed by atoms with E-state index in [0.717, 1.165) is 0 Å². The fourth-order valence-corrected chi connectivity index (χ4v) is 1.47. The molecule has 0 spiro atoms. The van der Waals surface area contributed by atoms with E-state index in [1.807, 2.05) is 6.92 Å². The number of aliphatic carboxylic acids is 1. The number of carboxylic acids is 1. The van der Waals surface area contributed by atoms with Crippen LogP contribution in [0.5, 0.6) is 0 Å². The molecule has 2 N–H and O–H groups in total. The minimum atomic E-state index is -1.02. The van der Waals surface area contributed by atoms with E-state index >= 15 is 0 Å². The quantitative estimate of drug-likeness (QED) is 0.790. The second-order valence-electron chi connectivity index (χ2n) is 4.06. The Morgan fingerprint density at radius 2 is 2.24 bits per heavy atom. The third kappa shape index (κ3) is 3.05. The Labute approximate surface area is 99.7 Å². The van der Waals surface area contributed by atoms with Crippen LogP contribution in [0.15, 0.2) is 12.5 Å². The smallest absolute Gasteiger partial charge is 0.326 e. The molecule has 6 heteroatoms. The van der Waals surface area contributed by atoms with E-state index in [1.165, 1.54) is 12.5 Å². The van der Waals surface area contributed by atoms with Crippen molar-refractivity contribution in [2.45, 2.75) is 26.3 Å². The van der Waals surface area contributed by atoms with Crippen molar-refractivity contribution in [1.29, 1.82) is 0 Å². The molecule has 1 aromatic rings. The van der Waals surface area contributed by atoms with Crippen molar-refractivity contribution >= 4 is 11.9 Å². The third-order valence-corrected chi connectivity index (χ3v) is 2.81. The number of aromatic nitrogens is 2. The van der Waals surface area contributed by atoms with Gasteiger partial charge in [-0.05, 0) is 5.92 Å². The number of nitrogens with one attached hydrogen (secondary N) is 1. The van der Waals surface area contributed by atoms with Crippen molar-refractivity contribution in [3.05, 3.63) is 18.2 Å². The molecule has 94 valence electrons. The Bertz CT molecular complexity index is 414. The van der Waals surface area contributed by atoms with E-state index in [4.69, 9.17) is 5.11 Å². The van der Waals surface area contributed by atoms with Crippen LogP contribution in [-0.4, -0.2) is 32.6 Å². The van der Waals surface area contributed by atoms with Gasteiger partial charge in [0.2, 0.25) is 0 Å². The molecule has 0 fully saturated rings. The van der Waals surface area contributed by atoms with Crippen LogP contribution in [-0.2, 0) is 11.8 Å². The molecule has 17 heavy (non-hydrogen) atoms. The van der Waals surface area contributed by atoms with Crippen LogP contribution in [0.3, 0.4) is 0 Å². The highest BCUT2D eigenvalue weighted by Crippen LogP contribution is 2.09. The van der Waals surface area contributed by atoms with Gasteiger partial charge in [0, 0.05) is 7.05 Å². The number of imidazole rings is 1. The van der Waals surface area contributed by atoms with Gasteiger partial charge in [0.15, 0.2) is 0 Å². The Morgan fingerprint density at radius 1 is 1.59 bits per heavy atom. The van der Waals surface area contributed by atoms with Gasteiger partial charge in [-0.3, -0.25) is 4.79 Å². The topological polar surface area (TPSA) is 84.2 Å². The van der Waals surface area contributed by atoms with Gasteiger partial charge >= 0.3 is 5.97 Å². The predicted molar refractivity (Wildman–Crippen MR) is 61.6 cm³/mol. The van der Waals surface area contributed by atoms with Gasteiger partial charge in [-0.1, -0.05) is 20.3 Å². The molecule has 2 atom stereocenters. The summed E-state index contributed by atoms with van der Waals surface area (Å²) >= 11 is 0. The summed E-state index contributed by atoms with van der Waals surface area (Å²) in [7, 11) is 1.68. The third-order valence-electron chi connectivity index (χ3n) is 2.81. The summed E-state index contributed by atoms with van der Waals surface area (Å²) in [6.07, 6.45) is 3.58. The SMILES string of the molecule is CCC(C)[C@H](NC(=O)c1cncn1C)C(=O)O. The summed E-state index contributed by atoms with van der Waals surface area (Å²) in [5.41, 5.74) is 0.347. The second-order valence-corrected chi connectivity index (χ2v) is 4.06. The van der Waals surface area contributed by atoms with Crippen LogP contribution in [0.2, 0.25) is 0 Å². The molecule has 1 heterocycles. The first-order chi connectivity index (χ1) is 7.97. The Balaban J connectivity index is 2.78. The van der Waals surface area contributed by atoms with Crippen molar-refractivity contribution < 1.29 is 14.7 Å². The lowest BCUT2D eigenvalue weighted by Gasteiger charge is -2.19. The van der Waals surface area contributed by atoms with Crippen molar-refractivity contribution in [3.8, 4) is 0 Å². The highest BCUT2D eigenvalue weighted by molar-refractivity contribution is 5.95. The lowest BCUT2D eigenvalue weighted by atomic mass is 9.99. The van der Waals surface area contributed by atoms with E-state index in [-0.39, 0.29) is 5.92 Å². The van der Waals surface area contributed by atoms with Gasteiger partial charge in [0.25, 0.3) is 5.91 Å². The van der Waals surface area contributed by atoms with Crippen molar-refractivity contribution in [2.24, 2.45) is 13.0 Å². The summed E-state index contributed by atoms with van der Waals surface area (Å²) in [6, 6.07) is -0.873. The molecule has 0 radical (unpaired) electrons. The van der Waals surface area contributed by atoms with Gasteiger partial charge in [0.05, 0.1) is 12.5 Å². The maximum atomic E-state index is 11.8. The molecule has 0 saturated carbocycles. The minimum absolute atomic E-state index is 0.121. The summed E-state index contributed by atoms with van der Waals surface area (Å²) in [5, 5.41) is 11.6. The Morgan fingerprint density at radius 3 is 2.65 bits per heavy atom. The molecular weight excluding hydrogens is 222 g/mol. The lowest BCUT2D eigenvalue weighted by Crippen LogP contribution is -2.45. The van der Waals surface area contributed by atoms with Crippen molar-refractivity contribution in [3.63, 3.8) is 0 Å². The zero-order valence-electron chi connectivity index (χ0n) is 10.2. The molecule has 0 aromatic carbocycles. The average molecular weight is 239 g/mol. The maximum absolute atomic E-state index is 11.8. The summed E-state index contributed by atoms with van der Waals surface area (Å²) in [4.78, 5) is 26.7. The maximum Gasteiger partial charge on any atom is 0.326 e. The van der Waals surface area contributed by atoms with Gasteiger partial charge in [0.1, 0.15) is 11.7 Å². The van der Waals surface area contributed by atoms with Gasteiger partial charge < -0.3 is 15.0 Å². The number of nitrogens with zero attached hydrogens (tertiary/aromatic N) is 2. The number of carbonyl (C=O) groups excluding carboxylic acids is 1. The number of hydrogen-bond acceptors (Lipinski definition) is 3. The van der Waals surface area contributed by atoms with E-state index in [1.54, 1.807) is 18.5 Å². The first-order valence-electron chi connectivity index (χ1n) is 5.47. The Kier molecular flexibility index (Phi) is 4.25. The highest BCUT2D eigenvalue weighted by Gasteiger charge is 2.26. The number of aryl methyl sites for hydroxylation is 1. The van der Waals surface area contributed by atoms with Crippen LogP contribution >= 0.6 is 0 Å².